The van der Waals surface area contributed by atoms with Crippen molar-refractivity contribution >= 4 is 23.8 Å². The maximum absolute atomic E-state index is 11.4. The van der Waals surface area contributed by atoms with Gasteiger partial charge >= 0.3 is 0 Å². The average molecular weight is 265 g/mol. The summed E-state index contributed by atoms with van der Waals surface area (Å²) in [5, 5.41) is 5.86. The molecule has 1 aliphatic heterocycles. The van der Waals surface area contributed by atoms with Gasteiger partial charge in [-0.3, -0.25) is 4.79 Å². The maximum Gasteiger partial charge on any atom is 0.239 e. The third kappa shape index (κ3) is 3.21. The highest BCUT2D eigenvalue weighted by Crippen LogP contribution is 2.15. The van der Waals surface area contributed by atoms with Crippen LogP contribution < -0.4 is 20.4 Å². The van der Waals surface area contributed by atoms with Crippen molar-refractivity contribution in [2.24, 2.45) is 0 Å². The van der Waals surface area contributed by atoms with Gasteiger partial charge in [0.2, 0.25) is 23.8 Å². The smallest absolute Gasteiger partial charge is 0.239 e. The van der Waals surface area contributed by atoms with E-state index in [9.17, 15) is 4.79 Å². The largest absolute Gasteiger partial charge is 0.354 e. The Bertz CT molecular complexity index is 462. The minimum atomic E-state index is -0.0110. The zero-order valence-electron chi connectivity index (χ0n) is 11.5. The monoisotopic (exact) mass is 265 g/mol. The van der Waals surface area contributed by atoms with Gasteiger partial charge in [0.25, 0.3) is 0 Å². The fourth-order valence-electron chi connectivity index (χ4n) is 1.74. The number of carbonyl (C=O) groups excluding carboxylic acids is 1. The summed E-state index contributed by atoms with van der Waals surface area (Å²) in [6.07, 6.45) is 0. The highest BCUT2D eigenvalue weighted by molar-refractivity contribution is 5.82. The molecule has 0 radical (unpaired) electrons. The normalized spacial score (nSPS) is 15.1. The number of piperazine rings is 1. The first kappa shape index (κ1) is 13.3. The van der Waals surface area contributed by atoms with Crippen molar-refractivity contribution in [2.45, 2.75) is 6.92 Å². The molecule has 8 heteroatoms. The minimum absolute atomic E-state index is 0.0110. The summed E-state index contributed by atoms with van der Waals surface area (Å²) in [7, 11) is 3.75. The van der Waals surface area contributed by atoms with Gasteiger partial charge in [-0.15, -0.1) is 0 Å². The van der Waals surface area contributed by atoms with Crippen LogP contribution in [0.3, 0.4) is 0 Å². The van der Waals surface area contributed by atoms with Crippen LogP contribution in [0.2, 0.25) is 0 Å². The van der Waals surface area contributed by atoms with Crippen molar-refractivity contribution in [1.29, 1.82) is 0 Å². The van der Waals surface area contributed by atoms with Crippen LogP contribution in [0.5, 0.6) is 0 Å². The van der Waals surface area contributed by atoms with E-state index in [1.165, 1.54) is 0 Å². The van der Waals surface area contributed by atoms with Gasteiger partial charge in [-0.25, -0.2) is 0 Å². The molecule has 8 nitrogen and oxygen atoms in total. The quantitative estimate of drug-likeness (QED) is 0.745. The van der Waals surface area contributed by atoms with E-state index < -0.39 is 0 Å². The molecule has 2 heterocycles. The van der Waals surface area contributed by atoms with Crippen LogP contribution in [0.25, 0.3) is 0 Å². The first-order chi connectivity index (χ1) is 9.10. The molecule has 0 atom stereocenters. The Balaban J connectivity index is 2.29. The predicted octanol–water partition coefficient (Wildman–Crippen LogP) is -0.694. The molecule has 1 aromatic heterocycles. The lowest BCUT2D eigenvalue weighted by Crippen LogP contribution is -2.48. The van der Waals surface area contributed by atoms with Crippen molar-refractivity contribution in [3.05, 3.63) is 0 Å². The van der Waals surface area contributed by atoms with Crippen LogP contribution in [0.1, 0.15) is 6.92 Å². The second-order valence-electron chi connectivity index (χ2n) is 4.46. The number of nitrogens with one attached hydrogen (secondary N) is 2. The highest BCUT2D eigenvalue weighted by atomic mass is 16.2. The molecule has 0 spiro atoms. The van der Waals surface area contributed by atoms with Gasteiger partial charge in [0.05, 0.1) is 6.54 Å². The van der Waals surface area contributed by atoms with Gasteiger partial charge in [0.1, 0.15) is 0 Å². The third-order valence-electron chi connectivity index (χ3n) is 2.67. The molecule has 19 heavy (non-hydrogen) atoms. The lowest BCUT2D eigenvalue weighted by atomic mass is 10.4. The van der Waals surface area contributed by atoms with Gasteiger partial charge in [-0.2, -0.15) is 15.0 Å². The van der Waals surface area contributed by atoms with Crippen molar-refractivity contribution in [3.8, 4) is 0 Å². The van der Waals surface area contributed by atoms with E-state index in [0.717, 1.165) is 6.54 Å². The maximum atomic E-state index is 11.4. The number of nitrogens with zero attached hydrogens (tertiary/aromatic N) is 5. The standard InChI is InChI=1S/C11H19N7O/c1-4-12-9-14-10(17(2)3)16-11(15-9)18-6-5-13-8(19)7-18/h4-7H2,1-3H3,(H,13,19)(H,12,14,15,16). The summed E-state index contributed by atoms with van der Waals surface area (Å²) in [6.45, 7) is 4.30. The van der Waals surface area contributed by atoms with Crippen LogP contribution >= 0.6 is 0 Å². The Morgan fingerprint density at radius 3 is 2.79 bits per heavy atom. The number of aromatic nitrogens is 3. The molecular formula is C11H19N7O. The molecule has 1 amide bonds. The second-order valence-corrected chi connectivity index (χ2v) is 4.46. The summed E-state index contributed by atoms with van der Waals surface area (Å²) in [5.41, 5.74) is 0. The Labute approximate surface area is 112 Å². The van der Waals surface area contributed by atoms with Gasteiger partial charge in [0.15, 0.2) is 0 Å². The number of amides is 1. The van der Waals surface area contributed by atoms with Crippen LogP contribution in [-0.2, 0) is 4.79 Å². The third-order valence-corrected chi connectivity index (χ3v) is 2.67. The van der Waals surface area contributed by atoms with Crippen molar-refractivity contribution in [2.75, 3.05) is 55.4 Å². The van der Waals surface area contributed by atoms with Gasteiger partial charge in [-0.05, 0) is 6.92 Å². The summed E-state index contributed by atoms with van der Waals surface area (Å²) in [6, 6.07) is 0. The van der Waals surface area contributed by atoms with Crippen LogP contribution in [0.4, 0.5) is 17.8 Å². The molecule has 2 rings (SSSR count). The van der Waals surface area contributed by atoms with Crippen molar-refractivity contribution in [1.82, 2.24) is 20.3 Å². The molecule has 0 bridgehead atoms. The Hall–Kier alpha value is -2.12. The first-order valence-corrected chi connectivity index (χ1v) is 6.29. The summed E-state index contributed by atoms with van der Waals surface area (Å²) >= 11 is 0. The lowest BCUT2D eigenvalue weighted by molar-refractivity contribution is -0.120. The number of carbonyl (C=O) groups is 1. The van der Waals surface area contributed by atoms with Crippen LogP contribution in [0.15, 0.2) is 0 Å². The molecule has 104 valence electrons. The van der Waals surface area contributed by atoms with E-state index in [2.05, 4.69) is 25.6 Å². The lowest BCUT2D eigenvalue weighted by Gasteiger charge is -2.27. The van der Waals surface area contributed by atoms with E-state index in [1.807, 2.05) is 30.8 Å². The average Bonchev–Trinajstić information content (AvgIpc) is 2.38. The number of hydrogen-bond donors (Lipinski definition) is 2. The molecule has 0 unspecified atom stereocenters. The Morgan fingerprint density at radius 1 is 1.37 bits per heavy atom. The molecule has 0 saturated carbocycles. The molecule has 0 aliphatic carbocycles. The van der Waals surface area contributed by atoms with E-state index in [-0.39, 0.29) is 12.5 Å². The van der Waals surface area contributed by atoms with Gasteiger partial charge in [0, 0.05) is 33.7 Å². The van der Waals surface area contributed by atoms with Crippen molar-refractivity contribution < 1.29 is 4.79 Å². The molecule has 1 aromatic rings. The molecule has 2 N–H and O–H groups in total. The summed E-state index contributed by atoms with van der Waals surface area (Å²) in [4.78, 5) is 28.1. The first-order valence-electron chi connectivity index (χ1n) is 6.29. The fourth-order valence-corrected chi connectivity index (χ4v) is 1.74. The topological polar surface area (TPSA) is 86.3 Å². The molecule has 0 aromatic carbocycles. The van der Waals surface area contributed by atoms with Crippen LogP contribution in [0, 0.1) is 0 Å². The van der Waals surface area contributed by atoms with Gasteiger partial charge in [-0.1, -0.05) is 0 Å². The fraction of sp³-hybridized carbons (Fsp3) is 0.636. The second kappa shape index (κ2) is 5.68. The summed E-state index contributed by atoms with van der Waals surface area (Å²) < 4.78 is 0. The molecular weight excluding hydrogens is 246 g/mol. The Kier molecular flexibility index (Phi) is 3.98. The van der Waals surface area contributed by atoms with E-state index in [1.54, 1.807) is 0 Å². The summed E-state index contributed by atoms with van der Waals surface area (Å²) in [5.74, 6) is 1.63. The van der Waals surface area contributed by atoms with Crippen LogP contribution in [-0.4, -0.2) is 61.1 Å². The van der Waals surface area contributed by atoms with E-state index in [4.69, 9.17) is 0 Å². The Morgan fingerprint density at radius 2 is 2.16 bits per heavy atom. The predicted molar refractivity (Wildman–Crippen MR) is 73.5 cm³/mol. The minimum Gasteiger partial charge on any atom is -0.354 e. The zero-order chi connectivity index (χ0) is 13.8. The molecule has 1 saturated heterocycles. The number of anilines is 3. The zero-order valence-corrected chi connectivity index (χ0v) is 11.5. The van der Waals surface area contributed by atoms with E-state index >= 15 is 0 Å². The van der Waals surface area contributed by atoms with E-state index in [0.29, 0.717) is 30.9 Å². The number of rotatable bonds is 4. The highest BCUT2D eigenvalue weighted by Gasteiger charge is 2.20. The SMILES string of the molecule is CCNc1nc(N(C)C)nc(N2CCNC(=O)C2)n1. The molecule has 1 aliphatic rings. The number of hydrogen-bond acceptors (Lipinski definition) is 7. The molecule has 1 fully saturated rings. The van der Waals surface area contributed by atoms with Crippen molar-refractivity contribution in [3.63, 3.8) is 0 Å². The van der Waals surface area contributed by atoms with Gasteiger partial charge < -0.3 is 20.4 Å².